The largest absolute Gasteiger partial charge is 0.334 e. The fourth-order valence-electron chi connectivity index (χ4n) is 4.00. The lowest BCUT2D eigenvalue weighted by Gasteiger charge is -2.32. The SMILES string of the molecule is CC(C)n1cnc(S(=O)(=O)N2CCC(C(=O)N3CCc4ccccc43)CC2)c1. The first-order valence-corrected chi connectivity index (χ1v) is 11.2. The first-order chi connectivity index (χ1) is 13.4. The maximum absolute atomic E-state index is 13.0. The van der Waals surface area contributed by atoms with Gasteiger partial charge in [0.1, 0.15) is 0 Å². The highest BCUT2D eigenvalue weighted by molar-refractivity contribution is 7.89. The number of carbonyl (C=O) groups excluding carboxylic acids is 1. The standard InChI is InChI=1S/C20H26N4O3S/c1-15(2)22-13-19(21-14-22)28(26,27)23-10-7-17(8-11-23)20(25)24-12-9-16-5-3-4-6-18(16)24/h3-6,13-15,17H,7-12H2,1-2H3. The van der Waals surface area contributed by atoms with Gasteiger partial charge in [-0.05, 0) is 44.7 Å². The molecule has 2 aliphatic heterocycles. The van der Waals surface area contributed by atoms with Gasteiger partial charge in [-0.15, -0.1) is 0 Å². The molecule has 8 heteroatoms. The Morgan fingerprint density at radius 1 is 1.14 bits per heavy atom. The van der Waals surface area contributed by atoms with E-state index in [4.69, 9.17) is 0 Å². The topological polar surface area (TPSA) is 75.5 Å². The van der Waals surface area contributed by atoms with Gasteiger partial charge in [0.25, 0.3) is 10.0 Å². The highest BCUT2D eigenvalue weighted by atomic mass is 32.2. The van der Waals surface area contributed by atoms with Gasteiger partial charge in [0.05, 0.1) is 6.33 Å². The summed E-state index contributed by atoms with van der Waals surface area (Å²) in [6, 6.07) is 8.16. The van der Waals surface area contributed by atoms with Crippen LogP contribution in [0.5, 0.6) is 0 Å². The summed E-state index contributed by atoms with van der Waals surface area (Å²) in [4.78, 5) is 19.0. The maximum Gasteiger partial charge on any atom is 0.262 e. The molecule has 150 valence electrons. The molecule has 1 aromatic carbocycles. The number of sulfonamides is 1. The average Bonchev–Trinajstić information content (AvgIpc) is 3.35. The number of nitrogens with zero attached hydrogens (tertiary/aromatic N) is 4. The number of fused-ring (bicyclic) bond motifs is 1. The zero-order valence-electron chi connectivity index (χ0n) is 16.3. The Morgan fingerprint density at radius 3 is 2.54 bits per heavy atom. The molecular formula is C20H26N4O3S. The van der Waals surface area contributed by atoms with Gasteiger partial charge in [-0.1, -0.05) is 18.2 Å². The van der Waals surface area contributed by atoms with E-state index < -0.39 is 10.0 Å². The molecule has 0 N–H and O–H groups in total. The number of aromatic nitrogens is 2. The second-order valence-corrected chi connectivity index (χ2v) is 9.68. The molecule has 7 nitrogen and oxygen atoms in total. The number of amides is 1. The highest BCUT2D eigenvalue weighted by Crippen LogP contribution is 2.31. The molecule has 0 spiro atoms. The van der Waals surface area contributed by atoms with E-state index in [2.05, 4.69) is 11.1 Å². The van der Waals surface area contributed by atoms with Gasteiger partial charge in [0, 0.05) is 43.5 Å². The number of para-hydroxylation sites is 1. The Morgan fingerprint density at radius 2 is 1.86 bits per heavy atom. The van der Waals surface area contributed by atoms with Gasteiger partial charge in [0.2, 0.25) is 5.91 Å². The molecule has 28 heavy (non-hydrogen) atoms. The molecule has 1 saturated heterocycles. The van der Waals surface area contributed by atoms with Crippen LogP contribution in [0.4, 0.5) is 5.69 Å². The van der Waals surface area contributed by atoms with Crippen molar-refractivity contribution in [3.05, 3.63) is 42.4 Å². The predicted molar refractivity (Wildman–Crippen MR) is 107 cm³/mol. The van der Waals surface area contributed by atoms with Gasteiger partial charge in [-0.3, -0.25) is 4.79 Å². The molecule has 0 unspecified atom stereocenters. The van der Waals surface area contributed by atoms with Crippen molar-refractivity contribution < 1.29 is 13.2 Å². The third-order valence-corrected chi connectivity index (χ3v) is 7.52. The first kappa shape index (κ1) is 19.1. The fraction of sp³-hybridized carbons (Fsp3) is 0.500. The Balaban J connectivity index is 1.42. The molecule has 0 bridgehead atoms. The third-order valence-electron chi connectivity index (χ3n) is 5.73. The monoisotopic (exact) mass is 402 g/mol. The summed E-state index contributed by atoms with van der Waals surface area (Å²) in [7, 11) is -3.62. The summed E-state index contributed by atoms with van der Waals surface area (Å²) in [5, 5.41) is 0.0828. The minimum absolute atomic E-state index is 0.0828. The van der Waals surface area contributed by atoms with Gasteiger partial charge in [-0.25, -0.2) is 13.4 Å². The van der Waals surface area contributed by atoms with Crippen molar-refractivity contribution in [3.8, 4) is 0 Å². The van der Waals surface area contributed by atoms with Crippen molar-refractivity contribution in [2.24, 2.45) is 5.92 Å². The fourth-order valence-corrected chi connectivity index (χ4v) is 5.39. The summed E-state index contributed by atoms with van der Waals surface area (Å²) >= 11 is 0. The van der Waals surface area contributed by atoms with Crippen LogP contribution >= 0.6 is 0 Å². The average molecular weight is 403 g/mol. The van der Waals surface area contributed by atoms with Crippen molar-refractivity contribution in [3.63, 3.8) is 0 Å². The van der Waals surface area contributed by atoms with E-state index in [1.807, 2.05) is 36.9 Å². The van der Waals surface area contributed by atoms with Gasteiger partial charge in [0.15, 0.2) is 5.03 Å². The van der Waals surface area contributed by atoms with Gasteiger partial charge in [-0.2, -0.15) is 4.31 Å². The van der Waals surface area contributed by atoms with Gasteiger partial charge < -0.3 is 9.47 Å². The van der Waals surface area contributed by atoms with Crippen molar-refractivity contribution >= 4 is 21.6 Å². The summed E-state index contributed by atoms with van der Waals surface area (Å²) in [6.45, 7) is 5.37. The van der Waals surface area contributed by atoms with Crippen molar-refractivity contribution in [1.29, 1.82) is 0 Å². The number of hydrogen-bond acceptors (Lipinski definition) is 4. The number of piperidine rings is 1. The zero-order valence-corrected chi connectivity index (χ0v) is 17.1. The smallest absolute Gasteiger partial charge is 0.262 e. The van der Waals surface area contributed by atoms with E-state index in [0.717, 1.165) is 12.1 Å². The number of benzene rings is 1. The summed E-state index contributed by atoms with van der Waals surface area (Å²) < 4.78 is 29.0. The molecule has 3 heterocycles. The number of carbonyl (C=O) groups is 1. The van der Waals surface area contributed by atoms with E-state index in [1.54, 1.807) is 17.1 Å². The minimum Gasteiger partial charge on any atom is -0.334 e. The molecule has 1 amide bonds. The van der Waals surface area contributed by atoms with E-state index in [-0.39, 0.29) is 22.9 Å². The quantitative estimate of drug-likeness (QED) is 0.787. The van der Waals surface area contributed by atoms with Crippen molar-refractivity contribution in [2.45, 2.75) is 44.2 Å². The van der Waals surface area contributed by atoms with Crippen LogP contribution in [-0.2, 0) is 21.2 Å². The van der Waals surface area contributed by atoms with Crippen LogP contribution in [0.25, 0.3) is 0 Å². The van der Waals surface area contributed by atoms with Crippen LogP contribution in [0, 0.1) is 5.92 Å². The van der Waals surface area contributed by atoms with Crippen LogP contribution in [0.15, 0.2) is 41.8 Å². The van der Waals surface area contributed by atoms with Crippen LogP contribution in [0.2, 0.25) is 0 Å². The molecule has 0 radical (unpaired) electrons. The van der Waals surface area contributed by atoms with E-state index >= 15 is 0 Å². The highest BCUT2D eigenvalue weighted by Gasteiger charge is 2.36. The van der Waals surface area contributed by atoms with Crippen molar-refractivity contribution in [1.82, 2.24) is 13.9 Å². The lowest BCUT2D eigenvalue weighted by Crippen LogP contribution is -2.44. The van der Waals surface area contributed by atoms with Crippen LogP contribution < -0.4 is 4.90 Å². The second-order valence-electron chi connectivity index (χ2n) is 7.80. The number of hydrogen-bond donors (Lipinski definition) is 0. The lowest BCUT2D eigenvalue weighted by molar-refractivity contribution is -0.123. The Hall–Kier alpha value is -2.19. The molecule has 1 fully saturated rings. The normalized spacial score (nSPS) is 18.6. The molecule has 0 saturated carbocycles. The summed E-state index contributed by atoms with van der Waals surface area (Å²) in [6.07, 6.45) is 5.11. The predicted octanol–water partition coefficient (Wildman–Crippen LogP) is 2.45. The molecule has 0 atom stereocenters. The Kier molecular flexibility index (Phi) is 5.01. The van der Waals surface area contributed by atoms with Crippen LogP contribution in [0.1, 0.15) is 38.3 Å². The van der Waals surface area contributed by atoms with E-state index in [1.165, 1.54) is 9.87 Å². The third kappa shape index (κ3) is 3.35. The summed E-state index contributed by atoms with van der Waals surface area (Å²) in [5.74, 6) is -0.0167. The van der Waals surface area contributed by atoms with Crippen molar-refractivity contribution in [2.75, 3.05) is 24.5 Å². The maximum atomic E-state index is 13.0. The molecule has 0 aliphatic carbocycles. The summed E-state index contributed by atoms with van der Waals surface area (Å²) in [5.41, 5.74) is 2.21. The van der Waals surface area contributed by atoms with Crippen LogP contribution in [-0.4, -0.2) is 47.8 Å². The van der Waals surface area contributed by atoms with Gasteiger partial charge >= 0.3 is 0 Å². The zero-order chi connectivity index (χ0) is 19.9. The molecule has 1 aromatic heterocycles. The Labute approximate surface area is 166 Å². The minimum atomic E-state index is -3.62. The van der Waals surface area contributed by atoms with Crippen LogP contribution in [0.3, 0.4) is 0 Å². The molecule has 4 rings (SSSR count). The number of rotatable bonds is 4. The number of anilines is 1. The molecular weight excluding hydrogens is 376 g/mol. The lowest BCUT2D eigenvalue weighted by atomic mass is 9.96. The number of imidazole rings is 1. The van der Waals surface area contributed by atoms with E-state index in [9.17, 15) is 13.2 Å². The van der Waals surface area contributed by atoms with E-state index in [0.29, 0.717) is 32.5 Å². The molecule has 2 aliphatic rings. The second kappa shape index (κ2) is 7.33. The first-order valence-electron chi connectivity index (χ1n) is 9.81. The Bertz CT molecular complexity index is 975. The molecule has 2 aromatic rings.